The van der Waals surface area contributed by atoms with E-state index in [4.69, 9.17) is 0 Å². The fraction of sp³-hybridized carbons (Fsp3) is 0.467. The van der Waals surface area contributed by atoms with E-state index < -0.39 is 9.04 Å². The zero-order chi connectivity index (χ0) is 11.9. The monoisotopic (exact) mass is 246 g/mol. The molecule has 0 aromatic heterocycles. The summed E-state index contributed by atoms with van der Waals surface area (Å²) in [6, 6.07) is 10.5. The van der Waals surface area contributed by atoms with Crippen molar-refractivity contribution in [3.05, 3.63) is 47.7 Å². The maximum Gasteiger partial charge on any atom is 0.199 e. The maximum atomic E-state index is 10.2. The van der Waals surface area contributed by atoms with Gasteiger partial charge in [0.25, 0.3) is 0 Å². The van der Waals surface area contributed by atoms with E-state index in [1.54, 1.807) is 0 Å². The van der Waals surface area contributed by atoms with Gasteiger partial charge in [-0.25, -0.2) is 0 Å². The summed E-state index contributed by atoms with van der Waals surface area (Å²) in [5, 5.41) is 0. The summed E-state index contributed by atoms with van der Waals surface area (Å²) in [6.45, 7) is 0. The van der Waals surface area contributed by atoms with Crippen molar-refractivity contribution >= 4 is 9.04 Å². The van der Waals surface area contributed by atoms with E-state index in [2.05, 4.69) is 36.0 Å². The minimum Gasteiger partial charge on any atom is -0.431 e. The van der Waals surface area contributed by atoms with Gasteiger partial charge in [-0.2, -0.15) is 0 Å². The lowest BCUT2D eigenvalue weighted by Gasteiger charge is -2.23. The summed E-state index contributed by atoms with van der Waals surface area (Å²) in [7, 11) is -1.61. The highest BCUT2D eigenvalue weighted by atomic mass is 28.3. The Hall–Kier alpha value is -0.863. The van der Waals surface area contributed by atoms with E-state index in [1.807, 2.05) is 6.07 Å². The first kappa shape index (κ1) is 12.6. The topological polar surface area (TPSA) is 20.2 Å². The molecule has 0 radical (unpaired) electrons. The zero-order valence-electron chi connectivity index (χ0n) is 10.4. The van der Waals surface area contributed by atoms with Crippen molar-refractivity contribution < 1.29 is 4.80 Å². The van der Waals surface area contributed by atoms with Crippen molar-refractivity contribution in [2.24, 2.45) is 0 Å². The molecular weight excluding hydrogens is 224 g/mol. The molecule has 1 aromatic carbocycles. The SMILES string of the molecule is O[SiH](C=CCc1ccccc1)C1CCCCC1. The third-order valence-corrected chi connectivity index (χ3v) is 5.96. The molecule has 1 atom stereocenters. The van der Waals surface area contributed by atoms with Gasteiger partial charge in [0.15, 0.2) is 9.04 Å². The lowest BCUT2D eigenvalue weighted by molar-refractivity contribution is 0.455. The maximum absolute atomic E-state index is 10.2. The van der Waals surface area contributed by atoms with Gasteiger partial charge in [-0.05, 0) is 17.5 Å². The Balaban J connectivity index is 1.79. The van der Waals surface area contributed by atoms with Crippen molar-refractivity contribution in [3.63, 3.8) is 0 Å². The third kappa shape index (κ3) is 4.13. The Kier molecular flexibility index (Phi) is 5.01. The molecule has 1 N–H and O–H groups in total. The normalized spacial score (nSPS) is 19.6. The second kappa shape index (κ2) is 6.77. The predicted molar refractivity (Wildman–Crippen MR) is 75.5 cm³/mol. The van der Waals surface area contributed by atoms with Gasteiger partial charge in [-0.1, -0.05) is 74.2 Å². The highest BCUT2D eigenvalue weighted by molar-refractivity contribution is 6.57. The van der Waals surface area contributed by atoms with Crippen LogP contribution in [0.4, 0.5) is 0 Å². The van der Waals surface area contributed by atoms with Crippen LogP contribution >= 0.6 is 0 Å². The van der Waals surface area contributed by atoms with Gasteiger partial charge in [-0.15, -0.1) is 0 Å². The standard InChI is InChI=1S/C15H22OSi/c16-17(15-11-5-2-6-12-15)13-7-10-14-8-3-1-4-9-14/h1,3-4,7-9,13,15-17H,2,5-6,10-12H2. The van der Waals surface area contributed by atoms with E-state index in [1.165, 1.54) is 37.7 Å². The first-order chi connectivity index (χ1) is 8.36. The summed E-state index contributed by atoms with van der Waals surface area (Å²) in [4.78, 5) is 10.2. The van der Waals surface area contributed by atoms with Crippen LogP contribution in [0.3, 0.4) is 0 Å². The van der Waals surface area contributed by atoms with Crippen molar-refractivity contribution in [2.45, 2.75) is 44.1 Å². The molecule has 0 spiro atoms. The van der Waals surface area contributed by atoms with E-state index in [-0.39, 0.29) is 0 Å². The molecular formula is C15H22OSi. The predicted octanol–water partition coefficient (Wildman–Crippen LogP) is 3.37. The van der Waals surface area contributed by atoms with Crippen molar-refractivity contribution in [2.75, 3.05) is 0 Å². The van der Waals surface area contributed by atoms with Gasteiger partial charge in [0.2, 0.25) is 0 Å². The second-order valence-corrected chi connectivity index (χ2v) is 7.32. The number of hydrogen-bond donors (Lipinski definition) is 1. The number of allylic oxidation sites excluding steroid dienone is 1. The fourth-order valence-corrected chi connectivity index (χ4v) is 4.47. The van der Waals surface area contributed by atoms with Gasteiger partial charge in [0.1, 0.15) is 0 Å². The molecule has 1 aliphatic carbocycles. The molecule has 2 rings (SSSR count). The molecule has 0 bridgehead atoms. The molecule has 1 saturated carbocycles. The van der Waals surface area contributed by atoms with Crippen molar-refractivity contribution in [1.82, 2.24) is 0 Å². The fourth-order valence-electron chi connectivity index (χ4n) is 2.59. The summed E-state index contributed by atoms with van der Waals surface area (Å²) in [6.07, 6.45) is 9.64. The number of benzene rings is 1. The van der Waals surface area contributed by atoms with Gasteiger partial charge in [0, 0.05) is 0 Å². The molecule has 92 valence electrons. The molecule has 1 unspecified atom stereocenters. The van der Waals surface area contributed by atoms with Gasteiger partial charge < -0.3 is 4.80 Å². The molecule has 17 heavy (non-hydrogen) atoms. The first-order valence-electron chi connectivity index (χ1n) is 6.75. The molecule has 1 nitrogen and oxygen atoms in total. The number of rotatable bonds is 4. The van der Waals surface area contributed by atoms with E-state index in [0.29, 0.717) is 5.54 Å². The Morgan fingerprint density at radius 2 is 1.82 bits per heavy atom. The van der Waals surface area contributed by atoms with Crippen LogP contribution in [0.1, 0.15) is 37.7 Å². The molecule has 0 heterocycles. The van der Waals surface area contributed by atoms with Crippen LogP contribution in [0.5, 0.6) is 0 Å². The van der Waals surface area contributed by atoms with Crippen LogP contribution in [0.15, 0.2) is 42.1 Å². The van der Waals surface area contributed by atoms with Gasteiger partial charge >= 0.3 is 0 Å². The lowest BCUT2D eigenvalue weighted by atomic mass is 10.0. The Morgan fingerprint density at radius 3 is 2.53 bits per heavy atom. The molecule has 0 aliphatic heterocycles. The van der Waals surface area contributed by atoms with Crippen LogP contribution in [0, 0.1) is 0 Å². The largest absolute Gasteiger partial charge is 0.431 e. The summed E-state index contributed by atoms with van der Waals surface area (Å²) in [5.74, 6) is 0. The Bertz CT molecular complexity index is 341. The van der Waals surface area contributed by atoms with Crippen molar-refractivity contribution in [3.8, 4) is 0 Å². The van der Waals surface area contributed by atoms with Crippen LogP contribution in [0.2, 0.25) is 5.54 Å². The van der Waals surface area contributed by atoms with Crippen LogP contribution < -0.4 is 0 Å². The molecule has 2 heteroatoms. The van der Waals surface area contributed by atoms with Gasteiger partial charge in [-0.3, -0.25) is 0 Å². The zero-order valence-corrected chi connectivity index (χ0v) is 11.5. The highest BCUT2D eigenvalue weighted by Crippen LogP contribution is 2.30. The van der Waals surface area contributed by atoms with E-state index in [9.17, 15) is 4.80 Å². The minimum absolute atomic E-state index is 0.635. The van der Waals surface area contributed by atoms with Gasteiger partial charge in [0.05, 0.1) is 0 Å². The smallest absolute Gasteiger partial charge is 0.199 e. The summed E-state index contributed by atoms with van der Waals surface area (Å²) in [5.41, 5.74) is 4.09. The minimum atomic E-state index is -1.61. The van der Waals surface area contributed by atoms with E-state index in [0.717, 1.165) is 6.42 Å². The summed E-state index contributed by atoms with van der Waals surface area (Å²) < 4.78 is 0. The average Bonchev–Trinajstić information content (AvgIpc) is 2.41. The summed E-state index contributed by atoms with van der Waals surface area (Å²) >= 11 is 0. The van der Waals surface area contributed by atoms with Crippen LogP contribution in [0.25, 0.3) is 0 Å². The Morgan fingerprint density at radius 1 is 1.12 bits per heavy atom. The number of hydrogen-bond acceptors (Lipinski definition) is 1. The second-order valence-electron chi connectivity index (χ2n) is 5.01. The van der Waals surface area contributed by atoms with Crippen LogP contribution in [-0.2, 0) is 6.42 Å². The first-order valence-corrected chi connectivity index (χ1v) is 8.60. The highest BCUT2D eigenvalue weighted by Gasteiger charge is 2.20. The molecule has 0 saturated heterocycles. The molecule has 1 aromatic rings. The molecule has 1 aliphatic rings. The third-order valence-electron chi connectivity index (χ3n) is 3.66. The average molecular weight is 246 g/mol. The lowest BCUT2D eigenvalue weighted by Crippen LogP contribution is -2.20. The quantitative estimate of drug-likeness (QED) is 0.808. The molecule has 0 amide bonds. The van der Waals surface area contributed by atoms with Crippen molar-refractivity contribution in [1.29, 1.82) is 0 Å². The van der Waals surface area contributed by atoms with E-state index >= 15 is 0 Å². The van der Waals surface area contributed by atoms with Crippen LogP contribution in [-0.4, -0.2) is 13.8 Å². The Labute approximate surface area is 106 Å². The molecule has 1 fully saturated rings.